The van der Waals surface area contributed by atoms with E-state index in [1.165, 1.54) is 0 Å². The molecule has 0 fully saturated rings. The van der Waals surface area contributed by atoms with Crippen LogP contribution in [0.3, 0.4) is 0 Å². The van der Waals surface area contributed by atoms with Crippen LogP contribution in [0.5, 0.6) is 5.75 Å². The third-order valence-electron chi connectivity index (χ3n) is 3.23. The highest BCUT2D eigenvalue weighted by Crippen LogP contribution is 2.14. The van der Waals surface area contributed by atoms with Crippen LogP contribution >= 0.6 is 0 Å². The largest absolute Gasteiger partial charge is 0.497 e. The number of nitrogens with zero attached hydrogens (tertiary/aromatic N) is 2. The first-order chi connectivity index (χ1) is 10.3. The molecule has 0 saturated heterocycles. The summed E-state index contributed by atoms with van der Waals surface area (Å²) in [5.74, 6) is 2.19. The monoisotopic (exact) mass is 280 g/mol. The van der Waals surface area contributed by atoms with Crippen LogP contribution in [0.15, 0.2) is 59.1 Å². The Morgan fingerprint density at radius 2 is 1.62 bits per heavy atom. The molecule has 2 aromatic carbocycles. The van der Waals surface area contributed by atoms with E-state index < -0.39 is 0 Å². The van der Waals surface area contributed by atoms with Gasteiger partial charge in [0, 0.05) is 6.42 Å². The van der Waals surface area contributed by atoms with Crippen LogP contribution in [-0.2, 0) is 12.8 Å². The molecule has 0 aliphatic carbocycles. The van der Waals surface area contributed by atoms with E-state index in [0.29, 0.717) is 24.6 Å². The van der Waals surface area contributed by atoms with Crippen molar-refractivity contribution in [2.45, 2.75) is 12.8 Å². The molecule has 0 unspecified atom stereocenters. The summed E-state index contributed by atoms with van der Waals surface area (Å²) in [7, 11) is 1.66. The van der Waals surface area contributed by atoms with Crippen molar-refractivity contribution in [1.82, 2.24) is 10.1 Å². The quantitative estimate of drug-likeness (QED) is 0.719. The van der Waals surface area contributed by atoms with Gasteiger partial charge in [-0.05, 0) is 23.3 Å². The molecule has 0 spiro atoms. The fraction of sp³-hybridized carbons (Fsp3) is 0.176. The summed E-state index contributed by atoms with van der Waals surface area (Å²) in [6.07, 6.45) is 1.32. The molecule has 106 valence electrons. The Labute approximate surface area is 123 Å². The van der Waals surface area contributed by atoms with Gasteiger partial charge in [-0.1, -0.05) is 47.6 Å². The van der Waals surface area contributed by atoms with Crippen LogP contribution in [0.2, 0.25) is 0 Å². The van der Waals surface area contributed by atoms with E-state index in [4.69, 9.17) is 9.26 Å². The molecule has 0 saturated carbocycles. The number of benzene rings is 2. The summed E-state index contributed by atoms with van der Waals surface area (Å²) in [5, 5.41) is 4.03. The van der Waals surface area contributed by atoms with Gasteiger partial charge < -0.3 is 9.26 Å². The minimum absolute atomic E-state index is 0.643. The van der Waals surface area contributed by atoms with Gasteiger partial charge in [-0.2, -0.15) is 4.98 Å². The van der Waals surface area contributed by atoms with Crippen molar-refractivity contribution in [3.8, 4) is 5.75 Å². The second kappa shape index (κ2) is 6.22. The minimum Gasteiger partial charge on any atom is -0.497 e. The lowest BCUT2D eigenvalue weighted by Gasteiger charge is -2.00. The normalized spacial score (nSPS) is 10.5. The lowest BCUT2D eigenvalue weighted by atomic mass is 10.1. The molecule has 1 aromatic heterocycles. The lowest BCUT2D eigenvalue weighted by Crippen LogP contribution is -1.93. The van der Waals surface area contributed by atoms with E-state index >= 15 is 0 Å². The molecular formula is C17H16N2O2. The first-order valence-corrected chi connectivity index (χ1v) is 6.82. The third kappa shape index (κ3) is 3.48. The first-order valence-electron chi connectivity index (χ1n) is 6.82. The highest BCUT2D eigenvalue weighted by molar-refractivity contribution is 5.28. The van der Waals surface area contributed by atoms with Gasteiger partial charge in [0.15, 0.2) is 5.82 Å². The first kappa shape index (κ1) is 13.4. The minimum atomic E-state index is 0.643. The molecule has 0 N–H and O–H groups in total. The molecule has 0 aliphatic rings. The van der Waals surface area contributed by atoms with Gasteiger partial charge in [0.2, 0.25) is 5.89 Å². The molecule has 4 nitrogen and oxygen atoms in total. The molecule has 0 atom stereocenters. The van der Waals surface area contributed by atoms with Crippen molar-refractivity contribution in [2.24, 2.45) is 0 Å². The van der Waals surface area contributed by atoms with E-state index in [2.05, 4.69) is 10.1 Å². The van der Waals surface area contributed by atoms with Crippen molar-refractivity contribution >= 4 is 0 Å². The van der Waals surface area contributed by atoms with Gasteiger partial charge in [0.05, 0.1) is 13.5 Å². The topological polar surface area (TPSA) is 48.2 Å². The predicted molar refractivity (Wildman–Crippen MR) is 79.3 cm³/mol. The van der Waals surface area contributed by atoms with Crippen LogP contribution < -0.4 is 4.74 Å². The van der Waals surface area contributed by atoms with Gasteiger partial charge >= 0.3 is 0 Å². The van der Waals surface area contributed by atoms with Gasteiger partial charge in [-0.15, -0.1) is 0 Å². The Kier molecular flexibility index (Phi) is 3.96. The Hall–Kier alpha value is -2.62. The van der Waals surface area contributed by atoms with E-state index in [9.17, 15) is 0 Å². The Bertz CT molecular complexity index is 690. The lowest BCUT2D eigenvalue weighted by molar-refractivity contribution is 0.380. The number of aromatic nitrogens is 2. The standard InChI is InChI=1S/C17H16N2O2/c1-20-15-9-7-14(8-10-15)11-16-18-17(21-19-16)12-13-5-3-2-4-6-13/h2-10H,11-12H2,1H3. The van der Waals surface area contributed by atoms with Crippen LogP contribution in [0, 0.1) is 0 Å². The molecule has 3 aromatic rings. The molecule has 1 heterocycles. The number of ether oxygens (including phenoxy) is 1. The molecule has 0 bridgehead atoms. The summed E-state index contributed by atoms with van der Waals surface area (Å²) < 4.78 is 10.4. The zero-order chi connectivity index (χ0) is 14.5. The second-order valence-corrected chi connectivity index (χ2v) is 4.79. The van der Waals surface area contributed by atoms with Crippen LogP contribution in [-0.4, -0.2) is 17.3 Å². The maximum absolute atomic E-state index is 5.30. The van der Waals surface area contributed by atoms with E-state index in [-0.39, 0.29) is 0 Å². The summed E-state index contributed by atoms with van der Waals surface area (Å²) in [5.41, 5.74) is 2.29. The Morgan fingerprint density at radius 1 is 0.905 bits per heavy atom. The van der Waals surface area contributed by atoms with E-state index in [0.717, 1.165) is 16.9 Å². The second-order valence-electron chi connectivity index (χ2n) is 4.79. The maximum Gasteiger partial charge on any atom is 0.231 e. The highest BCUT2D eigenvalue weighted by atomic mass is 16.5. The number of methoxy groups -OCH3 is 1. The highest BCUT2D eigenvalue weighted by Gasteiger charge is 2.08. The average molecular weight is 280 g/mol. The van der Waals surface area contributed by atoms with Gasteiger partial charge in [0.25, 0.3) is 0 Å². The van der Waals surface area contributed by atoms with Crippen molar-refractivity contribution < 1.29 is 9.26 Å². The number of rotatable bonds is 5. The van der Waals surface area contributed by atoms with Crippen LogP contribution in [0.1, 0.15) is 22.8 Å². The van der Waals surface area contributed by atoms with Crippen LogP contribution in [0.4, 0.5) is 0 Å². The zero-order valence-corrected chi connectivity index (χ0v) is 11.8. The Morgan fingerprint density at radius 3 is 2.33 bits per heavy atom. The van der Waals surface area contributed by atoms with Crippen molar-refractivity contribution in [2.75, 3.05) is 7.11 Å². The summed E-state index contributed by atoms with van der Waals surface area (Å²) in [4.78, 5) is 4.43. The molecule has 0 radical (unpaired) electrons. The van der Waals surface area contributed by atoms with Crippen LogP contribution in [0.25, 0.3) is 0 Å². The van der Waals surface area contributed by atoms with Gasteiger partial charge in [0.1, 0.15) is 5.75 Å². The average Bonchev–Trinajstić information content (AvgIpc) is 2.96. The molecular weight excluding hydrogens is 264 g/mol. The van der Waals surface area contributed by atoms with Crippen molar-refractivity contribution in [3.63, 3.8) is 0 Å². The summed E-state index contributed by atoms with van der Waals surface area (Å²) in [6.45, 7) is 0. The molecule has 21 heavy (non-hydrogen) atoms. The van der Waals surface area contributed by atoms with E-state index in [1.807, 2.05) is 54.6 Å². The Balaban J connectivity index is 1.67. The summed E-state index contributed by atoms with van der Waals surface area (Å²) >= 11 is 0. The number of hydrogen-bond acceptors (Lipinski definition) is 4. The van der Waals surface area contributed by atoms with Crippen molar-refractivity contribution in [1.29, 1.82) is 0 Å². The molecule has 4 heteroatoms. The fourth-order valence-electron chi connectivity index (χ4n) is 2.13. The van der Waals surface area contributed by atoms with Gasteiger partial charge in [-0.25, -0.2) is 0 Å². The maximum atomic E-state index is 5.30. The van der Waals surface area contributed by atoms with E-state index in [1.54, 1.807) is 7.11 Å². The fourth-order valence-corrected chi connectivity index (χ4v) is 2.13. The summed E-state index contributed by atoms with van der Waals surface area (Å²) in [6, 6.07) is 18.0. The SMILES string of the molecule is COc1ccc(Cc2noc(Cc3ccccc3)n2)cc1. The smallest absolute Gasteiger partial charge is 0.231 e. The van der Waals surface area contributed by atoms with Gasteiger partial charge in [-0.3, -0.25) is 0 Å². The zero-order valence-electron chi connectivity index (χ0n) is 11.8. The third-order valence-corrected chi connectivity index (χ3v) is 3.23. The number of hydrogen-bond donors (Lipinski definition) is 0. The molecule has 3 rings (SSSR count). The molecule has 0 amide bonds. The predicted octanol–water partition coefficient (Wildman–Crippen LogP) is 3.26. The molecule has 0 aliphatic heterocycles. The van der Waals surface area contributed by atoms with Crippen molar-refractivity contribution in [3.05, 3.63) is 77.4 Å².